The number of carbonyl (C=O) groups is 1. The van der Waals surface area contributed by atoms with Crippen molar-refractivity contribution in [2.75, 3.05) is 13.1 Å². The summed E-state index contributed by atoms with van der Waals surface area (Å²) in [6, 6.07) is 21.6. The van der Waals surface area contributed by atoms with E-state index in [2.05, 4.69) is 34.5 Å². The molecule has 1 aliphatic heterocycles. The first-order valence-corrected chi connectivity index (χ1v) is 12.0. The predicted molar refractivity (Wildman–Crippen MR) is 122 cm³/mol. The van der Waals surface area contributed by atoms with Gasteiger partial charge in [0.1, 0.15) is 5.76 Å². The van der Waals surface area contributed by atoms with E-state index in [1.807, 2.05) is 37.3 Å². The van der Waals surface area contributed by atoms with Crippen molar-refractivity contribution in [3.05, 3.63) is 89.4 Å². The molecule has 162 valence electrons. The summed E-state index contributed by atoms with van der Waals surface area (Å²) in [5.41, 5.74) is 2.31. The molecule has 1 fully saturated rings. The van der Waals surface area contributed by atoms with E-state index < -0.39 is 10.8 Å². The first-order valence-electron chi connectivity index (χ1n) is 10.7. The van der Waals surface area contributed by atoms with Crippen LogP contribution in [0.4, 0.5) is 0 Å². The van der Waals surface area contributed by atoms with Crippen LogP contribution in [0.5, 0.6) is 0 Å². The Morgan fingerprint density at radius 3 is 2.48 bits per heavy atom. The average Bonchev–Trinajstić information content (AvgIpc) is 3.25. The number of nitrogens with one attached hydrogen (secondary N) is 1. The maximum atomic E-state index is 12.6. The predicted octanol–water partition coefficient (Wildman–Crippen LogP) is 4.29. The number of likely N-dealkylation sites (tertiary alicyclic amines) is 1. The van der Waals surface area contributed by atoms with Crippen LogP contribution in [0.15, 0.2) is 76.0 Å². The van der Waals surface area contributed by atoms with Crippen molar-refractivity contribution in [1.82, 2.24) is 10.2 Å². The minimum Gasteiger partial charge on any atom is -0.455 e. The number of amides is 1. The fraction of sp³-hybridized carbons (Fsp3) is 0.320. The van der Waals surface area contributed by atoms with Gasteiger partial charge in [-0.3, -0.25) is 13.9 Å². The molecule has 0 bridgehead atoms. The quantitative estimate of drug-likeness (QED) is 0.600. The Labute approximate surface area is 185 Å². The number of rotatable bonds is 7. The highest BCUT2D eigenvalue weighted by atomic mass is 32.2. The normalized spacial score (nSPS) is 16.2. The second-order valence-corrected chi connectivity index (χ2v) is 9.45. The van der Waals surface area contributed by atoms with E-state index in [-0.39, 0.29) is 23.5 Å². The molecule has 4 rings (SSSR count). The van der Waals surface area contributed by atoms with Crippen molar-refractivity contribution in [2.45, 2.75) is 43.0 Å². The van der Waals surface area contributed by atoms with Crippen LogP contribution in [0, 0.1) is 6.92 Å². The highest BCUT2D eigenvalue weighted by Gasteiger charge is 2.22. The molecule has 0 aliphatic carbocycles. The first kappa shape index (κ1) is 21.5. The standard InChI is InChI=1S/C25H28N2O3S/c1-19-7-5-6-10-24(19)31(29)18-22-11-12-23(30-22)25(28)26-21-13-15-27(16-14-21)17-20-8-3-2-4-9-20/h2-12,21H,13-18H2,1H3,(H,26,28)/t31-/m1/s1. The van der Waals surface area contributed by atoms with Crippen molar-refractivity contribution in [1.29, 1.82) is 0 Å². The molecule has 1 aliphatic rings. The van der Waals surface area contributed by atoms with Crippen molar-refractivity contribution < 1.29 is 13.4 Å². The van der Waals surface area contributed by atoms with Gasteiger partial charge >= 0.3 is 0 Å². The summed E-state index contributed by atoms with van der Waals surface area (Å²) >= 11 is 0. The zero-order chi connectivity index (χ0) is 21.6. The summed E-state index contributed by atoms with van der Waals surface area (Å²) in [7, 11) is -1.20. The van der Waals surface area contributed by atoms with Gasteiger partial charge in [-0.05, 0) is 49.1 Å². The fourth-order valence-electron chi connectivity index (χ4n) is 3.93. The number of piperidine rings is 1. The minimum absolute atomic E-state index is 0.147. The van der Waals surface area contributed by atoms with E-state index in [4.69, 9.17) is 4.42 Å². The van der Waals surface area contributed by atoms with Crippen molar-refractivity contribution >= 4 is 16.7 Å². The molecule has 1 saturated heterocycles. The Kier molecular flexibility index (Phi) is 6.99. The van der Waals surface area contributed by atoms with Gasteiger partial charge < -0.3 is 9.73 Å². The summed E-state index contributed by atoms with van der Waals surface area (Å²) in [5, 5.41) is 3.09. The molecule has 6 heteroatoms. The van der Waals surface area contributed by atoms with Crippen LogP contribution >= 0.6 is 0 Å². The highest BCUT2D eigenvalue weighted by molar-refractivity contribution is 7.84. The molecule has 1 amide bonds. The molecule has 5 nitrogen and oxygen atoms in total. The minimum atomic E-state index is -1.20. The van der Waals surface area contributed by atoms with Gasteiger partial charge in [0, 0.05) is 30.6 Å². The largest absolute Gasteiger partial charge is 0.455 e. The van der Waals surface area contributed by atoms with Gasteiger partial charge in [0.25, 0.3) is 5.91 Å². The van der Waals surface area contributed by atoms with Gasteiger partial charge in [0.2, 0.25) is 0 Å². The third-order valence-corrected chi connectivity index (χ3v) is 7.16. The molecule has 31 heavy (non-hydrogen) atoms. The van der Waals surface area contributed by atoms with E-state index in [0.717, 1.165) is 42.9 Å². The van der Waals surface area contributed by atoms with Crippen molar-refractivity contribution in [3.63, 3.8) is 0 Å². The lowest BCUT2D eigenvalue weighted by molar-refractivity contribution is 0.0879. The Morgan fingerprint density at radius 1 is 1.03 bits per heavy atom. The van der Waals surface area contributed by atoms with E-state index in [0.29, 0.717) is 5.76 Å². The molecule has 0 saturated carbocycles. The van der Waals surface area contributed by atoms with Crippen LogP contribution in [0.25, 0.3) is 0 Å². The molecule has 3 aromatic rings. The second kappa shape index (κ2) is 10.1. The summed E-state index contributed by atoms with van der Waals surface area (Å²) in [6.07, 6.45) is 1.84. The fourth-order valence-corrected chi connectivity index (χ4v) is 5.16. The molecule has 1 N–H and O–H groups in total. The van der Waals surface area contributed by atoms with E-state index in [1.54, 1.807) is 12.1 Å². The molecule has 0 unspecified atom stereocenters. The molecule has 2 heterocycles. The first-order chi connectivity index (χ1) is 15.1. The third-order valence-electron chi connectivity index (χ3n) is 5.67. The number of nitrogens with zero attached hydrogens (tertiary/aromatic N) is 1. The van der Waals surface area contributed by atoms with Gasteiger partial charge in [0.15, 0.2) is 5.76 Å². The van der Waals surface area contributed by atoms with Crippen LogP contribution in [0.3, 0.4) is 0 Å². The Bertz CT molecular complexity index is 1040. The lowest BCUT2D eigenvalue weighted by Gasteiger charge is -2.32. The van der Waals surface area contributed by atoms with Gasteiger partial charge in [-0.2, -0.15) is 0 Å². The van der Waals surface area contributed by atoms with Crippen LogP contribution in [0.2, 0.25) is 0 Å². The second-order valence-electron chi connectivity index (χ2n) is 8.03. The molecule has 0 radical (unpaired) electrons. The number of aryl methyl sites for hydroxylation is 1. The maximum Gasteiger partial charge on any atom is 0.287 e. The summed E-state index contributed by atoms with van der Waals surface area (Å²) in [6.45, 7) is 4.80. The number of benzene rings is 2. The van der Waals surface area contributed by atoms with E-state index in [9.17, 15) is 9.00 Å². The van der Waals surface area contributed by atoms with Crippen LogP contribution in [-0.4, -0.2) is 34.1 Å². The maximum absolute atomic E-state index is 12.6. The number of hydrogen-bond donors (Lipinski definition) is 1. The van der Waals surface area contributed by atoms with Gasteiger partial charge in [-0.25, -0.2) is 0 Å². The summed E-state index contributed by atoms with van der Waals surface area (Å²) in [5.74, 6) is 0.901. The number of hydrogen-bond acceptors (Lipinski definition) is 4. The molecular weight excluding hydrogens is 408 g/mol. The Morgan fingerprint density at radius 2 is 1.74 bits per heavy atom. The zero-order valence-electron chi connectivity index (χ0n) is 17.8. The topological polar surface area (TPSA) is 62.6 Å². The lowest BCUT2D eigenvalue weighted by Crippen LogP contribution is -2.44. The van der Waals surface area contributed by atoms with Gasteiger partial charge in [-0.15, -0.1) is 0 Å². The number of furan rings is 1. The summed E-state index contributed by atoms with van der Waals surface area (Å²) in [4.78, 5) is 15.8. The smallest absolute Gasteiger partial charge is 0.287 e. The molecule has 1 atom stereocenters. The molecular formula is C25H28N2O3S. The van der Waals surface area contributed by atoms with Gasteiger partial charge in [-0.1, -0.05) is 48.5 Å². The highest BCUT2D eigenvalue weighted by Crippen LogP contribution is 2.19. The molecule has 0 spiro atoms. The van der Waals surface area contributed by atoms with Crippen LogP contribution in [0.1, 0.15) is 40.3 Å². The lowest BCUT2D eigenvalue weighted by atomic mass is 10.0. The average molecular weight is 437 g/mol. The number of carbonyl (C=O) groups excluding carboxylic acids is 1. The summed E-state index contributed by atoms with van der Waals surface area (Å²) < 4.78 is 18.3. The van der Waals surface area contributed by atoms with Crippen LogP contribution in [-0.2, 0) is 23.1 Å². The monoisotopic (exact) mass is 436 g/mol. The van der Waals surface area contributed by atoms with Crippen LogP contribution < -0.4 is 5.32 Å². The molecule has 2 aromatic carbocycles. The zero-order valence-corrected chi connectivity index (χ0v) is 18.6. The SMILES string of the molecule is Cc1ccccc1[S@](=O)Cc1ccc(C(=O)NC2CCN(Cc3ccccc3)CC2)o1. The van der Waals surface area contributed by atoms with E-state index in [1.165, 1.54) is 5.56 Å². The molecule has 1 aromatic heterocycles. The van der Waals surface area contributed by atoms with Crippen molar-refractivity contribution in [3.8, 4) is 0 Å². The van der Waals surface area contributed by atoms with Gasteiger partial charge in [0.05, 0.1) is 16.6 Å². The Hall–Kier alpha value is -2.70. The Balaban J connectivity index is 1.27. The van der Waals surface area contributed by atoms with Crippen molar-refractivity contribution in [2.24, 2.45) is 0 Å². The third kappa shape index (κ3) is 5.71. The van der Waals surface area contributed by atoms with E-state index >= 15 is 0 Å².